The zero-order valence-corrected chi connectivity index (χ0v) is 11.7. The van der Waals surface area contributed by atoms with Gasteiger partial charge < -0.3 is 5.11 Å². The van der Waals surface area contributed by atoms with Crippen LogP contribution in [-0.4, -0.2) is 5.11 Å². The van der Waals surface area contributed by atoms with Crippen LogP contribution in [0.3, 0.4) is 0 Å². The Hall–Kier alpha value is -1.24. The fourth-order valence-corrected chi connectivity index (χ4v) is 4.75. The van der Waals surface area contributed by atoms with Crippen LogP contribution in [0.5, 0.6) is 0 Å². The van der Waals surface area contributed by atoms with Crippen LogP contribution in [0.15, 0.2) is 46.8 Å². The van der Waals surface area contributed by atoms with Crippen molar-refractivity contribution in [1.82, 2.24) is 0 Å². The summed E-state index contributed by atoms with van der Waals surface area (Å²) >= 11 is 0. The molecule has 100 valence electrons. The Kier molecular flexibility index (Phi) is 2.36. The van der Waals surface area contributed by atoms with Gasteiger partial charge in [-0.3, -0.25) is 0 Å². The maximum Gasteiger partial charge on any atom is 0.112 e. The Morgan fingerprint density at radius 3 is 2.95 bits per heavy atom. The Labute approximate surface area is 115 Å². The van der Waals surface area contributed by atoms with E-state index in [1.165, 1.54) is 49.7 Å². The number of hydrogen-bond acceptors (Lipinski definition) is 1. The molecule has 2 saturated carbocycles. The van der Waals surface area contributed by atoms with Gasteiger partial charge in [-0.05, 0) is 67.2 Å². The normalized spacial score (nSPS) is 40.3. The van der Waals surface area contributed by atoms with Crippen LogP contribution in [0.4, 0.5) is 0 Å². The molecular weight excluding hydrogens is 232 g/mol. The third-order valence-electron chi connectivity index (χ3n) is 5.73. The molecule has 0 aromatic heterocycles. The summed E-state index contributed by atoms with van der Waals surface area (Å²) in [5.41, 5.74) is 4.69. The minimum absolute atomic E-state index is 0.0897. The van der Waals surface area contributed by atoms with Gasteiger partial charge in [0.25, 0.3) is 0 Å². The summed E-state index contributed by atoms with van der Waals surface area (Å²) in [6.45, 7) is 2.28. The molecule has 0 spiro atoms. The van der Waals surface area contributed by atoms with Crippen LogP contribution in [0, 0.1) is 17.3 Å². The van der Waals surface area contributed by atoms with E-state index < -0.39 is 0 Å². The second kappa shape index (κ2) is 3.88. The van der Waals surface area contributed by atoms with E-state index in [4.69, 9.17) is 0 Å². The van der Waals surface area contributed by atoms with Crippen molar-refractivity contribution >= 4 is 0 Å². The second-order valence-electron chi connectivity index (χ2n) is 6.91. The fraction of sp³-hybridized carbons (Fsp3) is 0.556. The Morgan fingerprint density at radius 1 is 1.16 bits per heavy atom. The summed E-state index contributed by atoms with van der Waals surface area (Å²) in [7, 11) is 0. The summed E-state index contributed by atoms with van der Waals surface area (Å²) in [5, 5.41) is 9.89. The van der Waals surface area contributed by atoms with Gasteiger partial charge in [-0.1, -0.05) is 31.1 Å². The number of fused-ring (bicyclic) bond motifs is 5. The molecule has 0 amide bonds. The molecule has 3 atom stereocenters. The highest BCUT2D eigenvalue weighted by Crippen LogP contribution is 2.56. The van der Waals surface area contributed by atoms with Gasteiger partial charge in [0, 0.05) is 5.41 Å². The minimum Gasteiger partial charge on any atom is -0.508 e. The molecule has 1 N–H and O–H groups in total. The van der Waals surface area contributed by atoms with Crippen molar-refractivity contribution in [3.63, 3.8) is 0 Å². The van der Waals surface area contributed by atoms with Crippen molar-refractivity contribution in [3.8, 4) is 0 Å². The van der Waals surface area contributed by atoms with Crippen LogP contribution in [0.1, 0.15) is 45.4 Å². The zero-order valence-electron chi connectivity index (χ0n) is 11.7. The molecular formula is C18H22O. The van der Waals surface area contributed by atoms with E-state index in [1.54, 1.807) is 5.57 Å². The van der Waals surface area contributed by atoms with Gasteiger partial charge in [-0.2, -0.15) is 0 Å². The Morgan fingerprint density at radius 2 is 2.05 bits per heavy atom. The van der Waals surface area contributed by atoms with Crippen LogP contribution < -0.4 is 0 Å². The molecule has 0 saturated heterocycles. The molecule has 4 aliphatic carbocycles. The number of hydrogen-bond donors (Lipinski definition) is 1. The van der Waals surface area contributed by atoms with Gasteiger partial charge >= 0.3 is 0 Å². The lowest BCUT2D eigenvalue weighted by molar-refractivity contribution is 0.270. The number of allylic oxidation sites excluding steroid dienone is 7. The molecule has 1 heteroatoms. The van der Waals surface area contributed by atoms with Crippen LogP contribution in [0.2, 0.25) is 0 Å². The van der Waals surface area contributed by atoms with E-state index in [2.05, 4.69) is 25.2 Å². The van der Waals surface area contributed by atoms with Crippen molar-refractivity contribution in [3.05, 3.63) is 46.8 Å². The average Bonchev–Trinajstić information content (AvgIpc) is 2.73. The SMILES string of the molecule is C[C@@]12C=C(O)C=C1C1=CC=C3CCCC[C@@H]3[C@H]1CC2. The summed E-state index contributed by atoms with van der Waals surface area (Å²) in [6.07, 6.45) is 16.7. The molecule has 2 fully saturated rings. The van der Waals surface area contributed by atoms with Gasteiger partial charge in [0.1, 0.15) is 5.76 Å². The van der Waals surface area contributed by atoms with Gasteiger partial charge in [0.15, 0.2) is 0 Å². The van der Waals surface area contributed by atoms with Gasteiger partial charge in [-0.25, -0.2) is 0 Å². The molecule has 0 aromatic rings. The number of aliphatic hydroxyl groups excluding tert-OH is 1. The predicted octanol–water partition coefficient (Wildman–Crippen LogP) is 4.84. The maximum absolute atomic E-state index is 9.89. The Bertz CT molecular complexity index is 546. The lowest BCUT2D eigenvalue weighted by Gasteiger charge is -2.45. The topological polar surface area (TPSA) is 20.2 Å². The molecule has 0 aromatic carbocycles. The zero-order chi connectivity index (χ0) is 13.0. The second-order valence-corrected chi connectivity index (χ2v) is 6.91. The molecule has 4 aliphatic rings. The monoisotopic (exact) mass is 254 g/mol. The van der Waals surface area contributed by atoms with Crippen LogP contribution in [-0.2, 0) is 0 Å². The molecule has 0 bridgehead atoms. The quantitative estimate of drug-likeness (QED) is 0.655. The molecule has 0 aliphatic heterocycles. The van der Waals surface area contributed by atoms with Gasteiger partial charge in [0.05, 0.1) is 0 Å². The summed E-state index contributed by atoms with van der Waals surface area (Å²) < 4.78 is 0. The largest absolute Gasteiger partial charge is 0.508 e. The first kappa shape index (κ1) is 11.6. The smallest absolute Gasteiger partial charge is 0.112 e. The van der Waals surface area contributed by atoms with E-state index in [-0.39, 0.29) is 5.41 Å². The third kappa shape index (κ3) is 1.60. The minimum atomic E-state index is 0.0897. The van der Waals surface area contributed by atoms with E-state index in [0.717, 1.165) is 11.8 Å². The van der Waals surface area contributed by atoms with E-state index in [9.17, 15) is 5.11 Å². The third-order valence-corrected chi connectivity index (χ3v) is 5.73. The predicted molar refractivity (Wildman–Crippen MR) is 77.7 cm³/mol. The summed E-state index contributed by atoms with van der Waals surface area (Å²) in [6, 6.07) is 0. The highest BCUT2D eigenvalue weighted by molar-refractivity contribution is 5.54. The van der Waals surface area contributed by atoms with Crippen molar-refractivity contribution in [1.29, 1.82) is 0 Å². The van der Waals surface area contributed by atoms with Crippen LogP contribution in [0.25, 0.3) is 0 Å². The first-order valence-corrected chi connectivity index (χ1v) is 7.72. The first-order chi connectivity index (χ1) is 9.17. The highest BCUT2D eigenvalue weighted by Gasteiger charge is 2.44. The van der Waals surface area contributed by atoms with E-state index in [1.807, 2.05) is 6.08 Å². The van der Waals surface area contributed by atoms with Gasteiger partial charge in [-0.15, -0.1) is 0 Å². The van der Waals surface area contributed by atoms with Crippen LogP contribution >= 0.6 is 0 Å². The molecule has 0 radical (unpaired) electrons. The average molecular weight is 254 g/mol. The lowest BCUT2D eigenvalue weighted by atomic mass is 9.59. The lowest BCUT2D eigenvalue weighted by Crippen LogP contribution is -2.33. The fourth-order valence-electron chi connectivity index (χ4n) is 4.75. The summed E-state index contributed by atoms with van der Waals surface area (Å²) in [5.74, 6) is 1.98. The highest BCUT2D eigenvalue weighted by atomic mass is 16.3. The van der Waals surface area contributed by atoms with Crippen molar-refractivity contribution in [2.75, 3.05) is 0 Å². The van der Waals surface area contributed by atoms with Crippen molar-refractivity contribution in [2.45, 2.75) is 45.4 Å². The molecule has 0 heterocycles. The first-order valence-electron chi connectivity index (χ1n) is 7.72. The number of aliphatic hydroxyl groups is 1. The standard InChI is InChI=1S/C18H22O/c1-18-9-8-15-14-5-3-2-4-12(14)6-7-16(15)17(18)10-13(19)11-18/h6-7,10-11,14-15,19H,2-5,8-9H2,1H3/t14-,15+,18+/m0/s1. The van der Waals surface area contributed by atoms with Crippen molar-refractivity contribution in [2.24, 2.45) is 17.3 Å². The van der Waals surface area contributed by atoms with E-state index >= 15 is 0 Å². The Balaban J connectivity index is 1.77. The molecule has 19 heavy (non-hydrogen) atoms. The molecule has 4 rings (SSSR count). The molecule has 0 unspecified atom stereocenters. The van der Waals surface area contributed by atoms with E-state index in [0.29, 0.717) is 5.76 Å². The van der Waals surface area contributed by atoms with Gasteiger partial charge in [0.2, 0.25) is 0 Å². The molecule has 1 nitrogen and oxygen atoms in total. The van der Waals surface area contributed by atoms with Crippen molar-refractivity contribution < 1.29 is 5.11 Å². The maximum atomic E-state index is 9.89. The number of rotatable bonds is 0. The summed E-state index contributed by atoms with van der Waals surface area (Å²) in [4.78, 5) is 0.